The molecule has 0 saturated carbocycles. The zero-order valence-electron chi connectivity index (χ0n) is 32.7. The van der Waals surface area contributed by atoms with E-state index in [-0.39, 0.29) is 0 Å². The Balaban J connectivity index is 0.962. The summed E-state index contributed by atoms with van der Waals surface area (Å²) in [4.78, 5) is 29.6. The quantitative estimate of drug-likeness (QED) is 0.152. The van der Waals surface area contributed by atoms with Gasteiger partial charge in [-0.25, -0.2) is 29.9 Å². The average Bonchev–Trinajstić information content (AvgIpc) is 3.72. The highest BCUT2D eigenvalue weighted by Gasteiger charge is 2.16. The third-order valence-corrected chi connectivity index (χ3v) is 10.8. The number of aromatic nitrogens is 6. The molecule has 0 saturated heterocycles. The van der Waals surface area contributed by atoms with Crippen LogP contribution in [0.4, 0.5) is 0 Å². The zero-order valence-corrected chi connectivity index (χ0v) is 32.7. The van der Waals surface area contributed by atoms with E-state index in [1.807, 2.05) is 121 Å². The largest absolute Gasteiger partial charge is 0.456 e. The van der Waals surface area contributed by atoms with Gasteiger partial charge in [0.25, 0.3) is 0 Å². The maximum Gasteiger partial charge on any atom is 0.164 e. The van der Waals surface area contributed by atoms with E-state index < -0.39 is 0 Å². The summed E-state index contributed by atoms with van der Waals surface area (Å²) in [6.45, 7) is 0. The molecule has 11 aromatic rings. The first-order valence-corrected chi connectivity index (χ1v) is 20.1. The molecule has 0 radical (unpaired) electrons. The number of fused-ring (bicyclic) bond motifs is 3. The van der Waals surface area contributed by atoms with Crippen LogP contribution in [0.15, 0.2) is 211 Å². The van der Waals surface area contributed by atoms with Gasteiger partial charge in [-0.05, 0) is 58.7 Å². The SMILES string of the molecule is c1ccc(-c2nc(-c3ccccc3)nc(-c3cccc(-c4ccc5oc6ccc(-c7cccc(-c8nc(-c9ccccc9)nc(-c9ccccc9)n8)c7)cc6c5c4)c3)n2)cc1. The molecule has 0 aliphatic heterocycles. The van der Waals surface area contributed by atoms with Crippen molar-refractivity contribution in [1.29, 1.82) is 0 Å². The molecule has 7 nitrogen and oxygen atoms in total. The molecule has 286 valence electrons. The van der Waals surface area contributed by atoms with Crippen molar-refractivity contribution in [1.82, 2.24) is 29.9 Å². The fourth-order valence-corrected chi connectivity index (χ4v) is 7.69. The van der Waals surface area contributed by atoms with Crippen LogP contribution in [-0.4, -0.2) is 29.9 Å². The molecule has 3 aromatic heterocycles. The smallest absolute Gasteiger partial charge is 0.164 e. The lowest BCUT2D eigenvalue weighted by Crippen LogP contribution is -2.00. The van der Waals surface area contributed by atoms with Gasteiger partial charge in [0.05, 0.1) is 0 Å². The van der Waals surface area contributed by atoms with Crippen molar-refractivity contribution in [2.45, 2.75) is 0 Å². The summed E-state index contributed by atoms with van der Waals surface area (Å²) in [6.07, 6.45) is 0. The van der Waals surface area contributed by atoms with Gasteiger partial charge in [0.1, 0.15) is 11.2 Å². The van der Waals surface area contributed by atoms with Gasteiger partial charge in [-0.15, -0.1) is 0 Å². The molecular formula is C54H34N6O. The topological polar surface area (TPSA) is 90.5 Å². The van der Waals surface area contributed by atoms with Gasteiger partial charge in [-0.2, -0.15) is 0 Å². The number of hydrogen-bond acceptors (Lipinski definition) is 7. The molecule has 0 amide bonds. The van der Waals surface area contributed by atoms with Crippen molar-refractivity contribution in [2.24, 2.45) is 0 Å². The van der Waals surface area contributed by atoms with Crippen molar-refractivity contribution >= 4 is 21.9 Å². The van der Waals surface area contributed by atoms with Gasteiger partial charge >= 0.3 is 0 Å². The van der Waals surface area contributed by atoms with E-state index in [4.69, 9.17) is 34.3 Å². The highest BCUT2D eigenvalue weighted by molar-refractivity contribution is 6.07. The van der Waals surface area contributed by atoms with Crippen LogP contribution < -0.4 is 0 Å². The lowest BCUT2D eigenvalue weighted by atomic mass is 9.98. The van der Waals surface area contributed by atoms with Crippen LogP contribution in [0.3, 0.4) is 0 Å². The molecule has 0 aliphatic rings. The minimum Gasteiger partial charge on any atom is -0.456 e. The van der Waals surface area contributed by atoms with Gasteiger partial charge in [0, 0.05) is 44.2 Å². The molecule has 0 unspecified atom stereocenters. The summed E-state index contributed by atoms with van der Waals surface area (Å²) < 4.78 is 6.39. The Morgan fingerprint density at radius 3 is 0.803 bits per heavy atom. The summed E-state index contributed by atoms with van der Waals surface area (Å²) in [5.74, 6) is 3.74. The van der Waals surface area contributed by atoms with Gasteiger partial charge in [0.15, 0.2) is 34.9 Å². The van der Waals surface area contributed by atoms with Gasteiger partial charge in [-0.1, -0.05) is 170 Å². The zero-order chi connectivity index (χ0) is 40.5. The number of nitrogens with zero attached hydrogens (tertiary/aromatic N) is 6. The van der Waals surface area contributed by atoms with Crippen LogP contribution in [0.25, 0.3) is 113 Å². The van der Waals surface area contributed by atoms with Crippen LogP contribution >= 0.6 is 0 Å². The number of benzene rings is 8. The lowest BCUT2D eigenvalue weighted by molar-refractivity contribution is 0.669. The molecule has 0 bridgehead atoms. The first kappa shape index (κ1) is 35.7. The monoisotopic (exact) mass is 782 g/mol. The molecule has 0 spiro atoms. The second-order valence-electron chi connectivity index (χ2n) is 14.8. The van der Waals surface area contributed by atoms with Crippen LogP contribution in [0.5, 0.6) is 0 Å². The Labute approximate surface area is 351 Å². The molecule has 8 aromatic carbocycles. The maximum absolute atomic E-state index is 6.39. The summed E-state index contributed by atoms with van der Waals surface area (Å²) >= 11 is 0. The second kappa shape index (κ2) is 15.4. The van der Waals surface area contributed by atoms with Gasteiger partial charge in [-0.3, -0.25) is 0 Å². The van der Waals surface area contributed by atoms with E-state index in [2.05, 4.69) is 84.9 Å². The molecule has 3 heterocycles. The first-order chi connectivity index (χ1) is 30.2. The van der Waals surface area contributed by atoms with Crippen LogP contribution in [0.2, 0.25) is 0 Å². The second-order valence-corrected chi connectivity index (χ2v) is 14.8. The fraction of sp³-hybridized carbons (Fsp3) is 0. The third kappa shape index (κ3) is 7.11. The number of rotatable bonds is 8. The van der Waals surface area contributed by atoms with Crippen molar-refractivity contribution in [3.05, 3.63) is 206 Å². The van der Waals surface area contributed by atoms with Crippen molar-refractivity contribution < 1.29 is 4.42 Å². The Hall–Kier alpha value is -8.42. The standard InChI is InChI=1S/C54H34N6O/c1-5-15-35(16-6-1)49-55-50(36-17-7-2-8-18-36)58-53(57-49)43-25-13-23-39(31-43)41-27-29-47-45(33-41)46-34-42(28-30-48(46)61-47)40-24-14-26-44(32-40)54-59-51(37-19-9-3-10-20-37)56-52(60-54)38-21-11-4-12-22-38/h1-34H. The minimum absolute atomic E-state index is 0.612. The predicted molar refractivity (Wildman–Crippen MR) is 244 cm³/mol. The third-order valence-electron chi connectivity index (χ3n) is 10.8. The van der Waals surface area contributed by atoms with E-state index in [9.17, 15) is 0 Å². The fourth-order valence-electron chi connectivity index (χ4n) is 7.69. The van der Waals surface area contributed by atoms with E-state index >= 15 is 0 Å². The highest BCUT2D eigenvalue weighted by atomic mass is 16.3. The highest BCUT2D eigenvalue weighted by Crippen LogP contribution is 2.37. The van der Waals surface area contributed by atoms with E-state index in [1.165, 1.54) is 0 Å². The van der Waals surface area contributed by atoms with E-state index in [0.717, 1.165) is 77.6 Å². The summed E-state index contributed by atoms with van der Waals surface area (Å²) in [5, 5.41) is 2.07. The Morgan fingerprint density at radius 2 is 0.475 bits per heavy atom. The predicted octanol–water partition coefficient (Wildman–Crippen LogP) is 13.3. The first-order valence-electron chi connectivity index (χ1n) is 20.1. The van der Waals surface area contributed by atoms with Gasteiger partial charge < -0.3 is 4.42 Å². The van der Waals surface area contributed by atoms with Crippen LogP contribution in [-0.2, 0) is 0 Å². The molecule has 0 aliphatic carbocycles. The summed E-state index contributed by atoms with van der Waals surface area (Å²) in [7, 11) is 0. The van der Waals surface area contributed by atoms with Crippen molar-refractivity contribution in [2.75, 3.05) is 0 Å². The summed E-state index contributed by atoms with van der Waals surface area (Å²) in [5.41, 5.74) is 11.4. The normalized spacial score (nSPS) is 11.3. The maximum atomic E-state index is 6.39. The van der Waals surface area contributed by atoms with Crippen LogP contribution in [0, 0.1) is 0 Å². The van der Waals surface area contributed by atoms with Crippen molar-refractivity contribution in [3.63, 3.8) is 0 Å². The average molecular weight is 783 g/mol. The Morgan fingerprint density at radius 1 is 0.213 bits per heavy atom. The van der Waals surface area contributed by atoms with Crippen LogP contribution in [0.1, 0.15) is 0 Å². The van der Waals surface area contributed by atoms with Crippen molar-refractivity contribution in [3.8, 4) is 90.6 Å². The molecule has 0 fully saturated rings. The lowest BCUT2D eigenvalue weighted by Gasteiger charge is -2.10. The molecular weight excluding hydrogens is 749 g/mol. The van der Waals surface area contributed by atoms with E-state index in [0.29, 0.717) is 34.9 Å². The summed E-state index contributed by atoms with van der Waals surface area (Å²) in [6, 6.07) is 69.6. The molecule has 61 heavy (non-hydrogen) atoms. The Kier molecular flexibility index (Phi) is 9.02. The molecule has 7 heteroatoms. The molecule has 0 N–H and O–H groups in total. The Bertz CT molecular complexity index is 3010. The minimum atomic E-state index is 0.612. The van der Waals surface area contributed by atoms with Gasteiger partial charge in [0.2, 0.25) is 0 Å². The number of hydrogen-bond donors (Lipinski definition) is 0. The number of furan rings is 1. The molecule has 11 rings (SSSR count). The molecule has 0 atom stereocenters. The van der Waals surface area contributed by atoms with E-state index in [1.54, 1.807) is 0 Å².